The van der Waals surface area contributed by atoms with Crippen LogP contribution >= 0.6 is 0 Å². The summed E-state index contributed by atoms with van der Waals surface area (Å²) < 4.78 is 22.2. The molecule has 0 bridgehead atoms. The van der Waals surface area contributed by atoms with Gasteiger partial charge in [-0.25, -0.2) is 0 Å². The van der Waals surface area contributed by atoms with Crippen LogP contribution in [-0.2, 0) is 15.9 Å². The van der Waals surface area contributed by atoms with Crippen molar-refractivity contribution in [3.63, 3.8) is 0 Å². The van der Waals surface area contributed by atoms with E-state index < -0.39 is 0 Å². The van der Waals surface area contributed by atoms with Crippen LogP contribution in [0.5, 0.6) is 11.5 Å². The van der Waals surface area contributed by atoms with Crippen LogP contribution in [0.2, 0.25) is 0 Å². The molecule has 0 saturated carbocycles. The van der Waals surface area contributed by atoms with Gasteiger partial charge in [-0.15, -0.1) is 0 Å². The van der Waals surface area contributed by atoms with Crippen molar-refractivity contribution >= 4 is 12.2 Å². The van der Waals surface area contributed by atoms with Crippen molar-refractivity contribution in [1.82, 2.24) is 0 Å². The van der Waals surface area contributed by atoms with Crippen molar-refractivity contribution in [3.05, 3.63) is 82.0 Å². The van der Waals surface area contributed by atoms with Gasteiger partial charge in [0, 0.05) is 19.8 Å². The lowest BCUT2D eigenvalue weighted by atomic mass is 10.0. The first kappa shape index (κ1) is 26.9. The predicted molar refractivity (Wildman–Crippen MR) is 138 cm³/mol. The van der Waals surface area contributed by atoms with Crippen LogP contribution < -0.4 is 9.47 Å². The largest absolute Gasteiger partial charge is 0.467 e. The molecule has 34 heavy (non-hydrogen) atoms. The SMILES string of the molecule is COCOc1cc(/C=C/c2ccc(C#N)cc2)cc(OCOC)c1C/C=C(\C)CCC=C(C)C. The summed E-state index contributed by atoms with van der Waals surface area (Å²) in [4.78, 5) is 0. The fourth-order valence-electron chi connectivity index (χ4n) is 3.27. The second kappa shape index (κ2) is 14.7. The van der Waals surface area contributed by atoms with E-state index in [1.54, 1.807) is 26.4 Å². The maximum absolute atomic E-state index is 8.98. The van der Waals surface area contributed by atoms with Gasteiger partial charge >= 0.3 is 0 Å². The number of ether oxygens (including phenoxy) is 4. The molecule has 2 aromatic carbocycles. The number of rotatable bonds is 13. The fraction of sp³-hybridized carbons (Fsp3) is 0.345. The van der Waals surface area contributed by atoms with Crippen LogP contribution in [0.15, 0.2) is 59.7 Å². The van der Waals surface area contributed by atoms with Crippen molar-refractivity contribution < 1.29 is 18.9 Å². The Labute approximate surface area is 203 Å². The molecule has 0 amide bonds. The van der Waals surface area contributed by atoms with Crippen LogP contribution in [-0.4, -0.2) is 27.8 Å². The van der Waals surface area contributed by atoms with Gasteiger partial charge in [0.15, 0.2) is 13.6 Å². The summed E-state index contributed by atoms with van der Waals surface area (Å²) in [6, 6.07) is 13.5. The van der Waals surface area contributed by atoms with Crippen LogP contribution in [0.25, 0.3) is 12.2 Å². The molecular weight excluding hydrogens is 426 g/mol. The van der Waals surface area contributed by atoms with Crippen molar-refractivity contribution in [2.45, 2.75) is 40.0 Å². The summed E-state index contributed by atoms with van der Waals surface area (Å²) in [5.41, 5.74) is 6.16. The van der Waals surface area contributed by atoms with Crippen molar-refractivity contribution in [1.29, 1.82) is 5.26 Å². The van der Waals surface area contributed by atoms with Crippen LogP contribution in [0.1, 0.15) is 55.9 Å². The standard InChI is InChI=1S/C29H35NO4/c1-22(2)7-6-8-23(3)9-16-27-28(33-20-31-4)17-26(18-29(27)34-21-32-5)15-12-24-10-13-25(19-30)14-11-24/h7,9-15,17-18H,6,8,16,20-21H2,1-5H3/b15-12+,23-9+. The Balaban J connectivity index is 2.35. The lowest BCUT2D eigenvalue weighted by Crippen LogP contribution is -2.06. The van der Waals surface area contributed by atoms with Crippen LogP contribution in [0, 0.1) is 11.3 Å². The minimum Gasteiger partial charge on any atom is -0.467 e. The molecule has 0 spiro atoms. The Hall–Kier alpha value is -3.33. The summed E-state index contributed by atoms with van der Waals surface area (Å²) in [6.45, 7) is 6.68. The quantitative estimate of drug-likeness (QED) is 0.184. The van der Waals surface area contributed by atoms with E-state index in [4.69, 9.17) is 24.2 Å². The molecule has 0 heterocycles. The highest BCUT2D eigenvalue weighted by molar-refractivity contribution is 5.72. The number of hydrogen-bond donors (Lipinski definition) is 0. The third-order valence-corrected chi connectivity index (χ3v) is 5.11. The molecule has 2 aromatic rings. The molecule has 0 saturated heterocycles. The smallest absolute Gasteiger partial charge is 0.188 e. The molecule has 0 aliphatic rings. The van der Waals surface area contributed by atoms with E-state index in [0.29, 0.717) is 23.5 Å². The number of methoxy groups -OCH3 is 2. The zero-order chi connectivity index (χ0) is 24.8. The molecule has 0 atom stereocenters. The Morgan fingerprint density at radius 2 is 1.44 bits per heavy atom. The summed E-state index contributed by atoms with van der Waals surface area (Å²) in [5.74, 6) is 1.42. The van der Waals surface area contributed by atoms with E-state index in [0.717, 1.165) is 29.5 Å². The lowest BCUT2D eigenvalue weighted by Gasteiger charge is -2.16. The van der Waals surface area contributed by atoms with Gasteiger partial charge < -0.3 is 18.9 Å². The molecule has 5 nitrogen and oxygen atoms in total. The summed E-state index contributed by atoms with van der Waals surface area (Å²) in [7, 11) is 3.20. The van der Waals surface area contributed by atoms with Crippen LogP contribution in [0.4, 0.5) is 0 Å². The van der Waals surface area contributed by atoms with Crippen LogP contribution in [0.3, 0.4) is 0 Å². The molecular formula is C29H35NO4. The monoisotopic (exact) mass is 461 g/mol. The van der Waals surface area contributed by atoms with Crippen molar-refractivity contribution in [3.8, 4) is 17.6 Å². The first-order valence-electron chi connectivity index (χ1n) is 11.3. The van der Waals surface area contributed by atoms with Gasteiger partial charge in [-0.2, -0.15) is 5.26 Å². The number of hydrogen-bond acceptors (Lipinski definition) is 5. The zero-order valence-electron chi connectivity index (χ0n) is 20.9. The van der Waals surface area contributed by atoms with Gasteiger partial charge in [0.2, 0.25) is 0 Å². The number of nitrogens with zero attached hydrogens (tertiary/aromatic N) is 1. The highest BCUT2D eigenvalue weighted by atomic mass is 16.7. The first-order chi connectivity index (χ1) is 16.5. The van der Waals surface area contributed by atoms with Gasteiger partial charge in [0.1, 0.15) is 11.5 Å². The normalized spacial score (nSPS) is 11.4. The molecule has 2 rings (SSSR count). The second-order valence-electron chi connectivity index (χ2n) is 8.24. The number of allylic oxidation sites excluding steroid dienone is 4. The minimum absolute atomic E-state index is 0.142. The molecule has 0 fully saturated rings. The summed E-state index contributed by atoms with van der Waals surface area (Å²) in [5, 5.41) is 8.98. The zero-order valence-corrected chi connectivity index (χ0v) is 20.9. The average Bonchev–Trinajstić information content (AvgIpc) is 2.84. The van der Waals surface area contributed by atoms with Gasteiger partial charge in [-0.05, 0) is 75.4 Å². The third-order valence-electron chi connectivity index (χ3n) is 5.11. The van der Waals surface area contributed by atoms with E-state index >= 15 is 0 Å². The summed E-state index contributed by atoms with van der Waals surface area (Å²) >= 11 is 0. The van der Waals surface area contributed by atoms with E-state index in [-0.39, 0.29) is 13.6 Å². The molecule has 0 N–H and O–H groups in total. The Bertz CT molecular complexity index is 1010. The Morgan fingerprint density at radius 1 is 0.853 bits per heavy atom. The Morgan fingerprint density at radius 3 is 1.97 bits per heavy atom. The maximum Gasteiger partial charge on any atom is 0.188 e. The average molecular weight is 462 g/mol. The molecule has 0 radical (unpaired) electrons. The third kappa shape index (κ3) is 9.27. The molecule has 0 aliphatic carbocycles. The van der Waals surface area contributed by atoms with E-state index in [1.807, 2.05) is 36.4 Å². The second-order valence-corrected chi connectivity index (χ2v) is 8.24. The van der Waals surface area contributed by atoms with E-state index in [2.05, 4.69) is 39.0 Å². The lowest BCUT2D eigenvalue weighted by molar-refractivity contribution is 0.0448. The molecule has 5 heteroatoms. The van der Waals surface area contributed by atoms with Gasteiger partial charge in [0.25, 0.3) is 0 Å². The Kier molecular flexibility index (Phi) is 11.7. The van der Waals surface area contributed by atoms with Crippen molar-refractivity contribution in [2.24, 2.45) is 0 Å². The topological polar surface area (TPSA) is 60.7 Å². The van der Waals surface area contributed by atoms with E-state index in [1.165, 1.54) is 11.1 Å². The maximum atomic E-state index is 8.98. The number of nitriles is 1. The van der Waals surface area contributed by atoms with Gasteiger partial charge in [-0.3, -0.25) is 0 Å². The highest BCUT2D eigenvalue weighted by Gasteiger charge is 2.13. The van der Waals surface area contributed by atoms with Crippen molar-refractivity contribution in [2.75, 3.05) is 27.8 Å². The van der Waals surface area contributed by atoms with Gasteiger partial charge in [-0.1, -0.05) is 47.6 Å². The molecule has 0 unspecified atom stereocenters. The van der Waals surface area contributed by atoms with Gasteiger partial charge in [0.05, 0.1) is 11.6 Å². The molecule has 180 valence electrons. The number of benzene rings is 2. The summed E-state index contributed by atoms with van der Waals surface area (Å²) in [6.07, 6.45) is 11.2. The minimum atomic E-state index is 0.142. The highest BCUT2D eigenvalue weighted by Crippen LogP contribution is 2.33. The van der Waals surface area contributed by atoms with E-state index in [9.17, 15) is 0 Å². The first-order valence-corrected chi connectivity index (χ1v) is 11.3. The molecule has 0 aromatic heterocycles. The molecule has 0 aliphatic heterocycles. The predicted octanol–water partition coefficient (Wildman–Crippen LogP) is 6.93. The fourth-order valence-corrected chi connectivity index (χ4v) is 3.27.